The van der Waals surface area contributed by atoms with Crippen LogP contribution in [-0.2, 0) is 41.8 Å². The zero-order valence-electron chi connectivity index (χ0n) is 37.9. The highest BCUT2D eigenvalue weighted by Gasteiger charge is 2.28. The van der Waals surface area contributed by atoms with Gasteiger partial charge in [-0.05, 0) is 70.6 Å². The number of carbonyl (C=O) groups excluding carboxylic acids is 2. The minimum Gasteiger partial charge on any atom is -0.462 e. The fraction of sp³-hybridized carbons (Fsp3) is 0.696. The van der Waals surface area contributed by atoms with Gasteiger partial charge in [-0.25, -0.2) is 9.13 Å². The largest absolute Gasteiger partial charge is 0.472 e. The van der Waals surface area contributed by atoms with E-state index in [0.717, 1.165) is 70.6 Å². The highest BCUT2D eigenvalue weighted by atomic mass is 31.2. The van der Waals surface area contributed by atoms with Gasteiger partial charge in [0.05, 0.1) is 32.0 Å². The maximum Gasteiger partial charge on any atom is 0.472 e. The van der Waals surface area contributed by atoms with Crippen LogP contribution in [0.1, 0.15) is 155 Å². The number of allylic oxidation sites excluding steroid dienone is 9. The number of rotatable bonds is 42. The van der Waals surface area contributed by atoms with Gasteiger partial charge in [-0.1, -0.05) is 145 Å². The molecule has 15 nitrogen and oxygen atoms in total. The molecule has 63 heavy (non-hydrogen) atoms. The molecule has 0 spiro atoms. The molecule has 0 aromatic heterocycles. The summed E-state index contributed by atoms with van der Waals surface area (Å²) in [5.41, 5.74) is 0. The first kappa shape index (κ1) is 60.5. The summed E-state index contributed by atoms with van der Waals surface area (Å²) < 4.78 is 47.6. The molecule has 0 amide bonds. The van der Waals surface area contributed by atoms with Gasteiger partial charge >= 0.3 is 27.6 Å². The molecule has 0 aromatic rings. The average Bonchev–Trinajstić information content (AvgIpc) is 3.23. The van der Waals surface area contributed by atoms with Crippen molar-refractivity contribution < 1.29 is 71.8 Å². The van der Waals surface area contributed by atoms with Gasteiger partial charge < -0.3 is 39.5 Å². The van der Waals surface area contributed by atoms with Crippen molar-refractivity contribution in [1.29, 1.82) is 0 Å². The smallest absolute Gasteiger partial charge is 0.462 e. The molecule has 0 aliphatic carbocycles. The van der Waals surface area contributed by atoms with Crippen LogP contribution in [0.3, 0.4) is 0 Å². The molecule has 0 rings (SSSR count). The monoisotopic (exact) mass is 934 g/mol. The fourth-order valence-corrected chi connectivity index (χ4v) is 6.84. The Labute approximate surface area is 377 Å². The molecule has 6 N–H and O–H groups in total. The van der Waals surface area contributed by atoms with Crippen LogP contribution in [0.2, 0.25) is 0 Å². The number of hydrogen-bond acceptors (Lipinski definition) is 12. The number of unbranched alkanes of at least 4 members (excludes halogenated alkanes) is 13. The van der Waals surface area contributed by atoms with Gasteiger partial charge in [-0.3, -0.25) is 23.2 Å². The summed E-state index contributed by atoms with van der Waals surface area (Å²) in [6.07, 6.45) is 38.0. The van der Waals surface area contributed by atoms with Crippen molar-refractivity contribution in [3.63, 3.8) is 0 Å². The first-order valence-corrected chi connectivity index (χ1v) is 25.9. The van der Waals surface area contributed by atoms with E-state index in [0.29, 0.717) is 12.8 Å². The highest BCUT2D eigenvalue weighted by molar-refractivity contribution is 7.47. The van der Waals surface area contributed by atoms with E-state index < -0.39 is 78.4 Å². The number of esters is 2. The SMILES string of the molecule is CCCCC/C=C\C/C=C\CCCCCCCCCC(=O)OC[C@H](COP(=O)(O)OC[C@@H](O)COP(=O)(O)O)OC(=O)CCC[C@@H](O)\C=C/C=C/C=C/[C@@H](O)C/C=C\CCCCC. The predicted molar refractivity (Wildman–Crippen MR) is 246 cm³/mol. The molecule has 17 heteroatoms. The van der Waals surface area contributed by atoms with Crippen LogP contribution in [0.15, 0.2) is 72.9 Å². The second-order valence-electron chi connectivity index (χ2n) is 15.4. The Morgan fingerprint density at radius 3 is 1.65 bits per heavy atom. The fourth-order valence-electron chi connectivity index (χ4n) is 5.69. The highest BCUT2D eigenvalue weighted by Crippen LogP contribution is 2.43. The van der Waals surface area contributed by atoms with Crippen LogP contribution < -0.4 is 0 Å². The third-order valence-corrected chi connectivity index (χ3v) is 10.7. The maximum atomic E-state index is 12.7. The number of phosphoric acid groups is 2. The Hall–Kier alpha value is -2.52. The molecule has 0 saturated heterocycles. The lowest BCUT2D eigenvalue weighted by Crippen LogP contribution is -2.30. The third kappa shape index (κ3) is 44.5. The van der Waals surface area contributed by atoms with Crippen molar-refractivity contribution in [2.75, 3.05) is 26.4 Å². The maximum absolute atomic E-state index is 12.7. The Morgan fingerprint density at radius 1 is 0.540 bits per heavy atom. The Balaban J connectivity index is 4.76. The lowest BCUT2D eigenvalue weighted by molar-refractivity contribution is -0.161. The van der Waals surface area contributed by atoms with Crippen LogP contribution in [-0.4, -0.2) is 92.8 Å². The quantitative estimate of drug-likeness (QED) is 0.0110. The van der Waals surface area contributed by atoms with Gasteiger partial charge in [0.1, 0.15) is 12.7 Å². The molecule has 364 valence electrons. The Kier molecular flexibility index (Phi) is 39.3. The van der Waals surface area contributed by atoms with Gasteiger partial charge in [-0.15, -0.1) is 0 Å². The molecule has 0 radical (unpaired) electrons. The van der Waals surface area contributed by atoms with Crippen molar-refractivity contribution in [3.8, 4) is 0 Å². The molecule has 1 unspecified atom stereocenters. The second-order valence-corrected chi connectivity index (χ2v) is 18.1. The van der Waals surface area contributed by atoms with Gasteiger partial charge in [0, 0.05) is 12.8 Å². The standard InChI is InChI=1S/C46H80O15P2/c1-3-5-7-9-11-12-13-14-15-16-17-18-19-20-21-23-29-35-45(50)57-39-44(40-60-63(55,56)59-38-43(49)37-58-62(52,53)54)61-46(51)36-30-34-42(48)33-28-25-24-27-32-41(47)31-26-22-10-8-6-4-2/h11-12,14-15,22,24-28,32-33,41-44,47-49H,3-10,13,16-21,23,29-31,34-40H2,1-2H3,(H,55,56)(H2,52,53,54)/b12-11-,15-14-,25-24+,26-22-,32-27+,33-28-/t41-,42-,43-,44+/m0/s1. The molecule has 0 aliphatic heterocycles. The van der Waals surface area contributed by atoms with E-state index >= 15 is 0 Å². The zero-order chi connectivity index (χ0) is 46.9. The van der Waals surface area contributed by atoms with E-state index in [2.05, 4.69) is 53.3 Å². The van der Waals surface area contributed by atoms with E-state index in [4.69, 9.17) is 23.8 Å². The van der Waals surface area contributed by atoms with Crippen molar-refractivity contribution >= 4 is 27.6 Å². The van der Waals surface area contributed by atoms with E-state index in [1.165, 1.54) is 32.1 Å². The van der Waals surface area contributed by atoms with Gasteiger partial charge in [0.15, 0.2) is 6.10 Å². The number of hydrogen-bond donors (Lipinski definition) is 6. The number of aliphatic hydroxyl groups is 3. The van der Waals surface area contributed by atoms with Crippen LogP contribution in [0.25, 0.3) is 0 Å². The number of phosphoric ester groups is 2. The lowest BCUT2D eigenvalue weighted by Gasteiger charge is -2.20. The summed E-state index contributed by atoms with van der Waals surface area (Å²) >= 11 is 0. The summed E-state index contributed by atoms with van der Waals surface area (Å²) in [5, 5.41) is 30.1. The first-order valence-electron chi connectivity index (χ1n) is 22.8. The second kappa shape index (κ2) is 40.9. The van der Waals surface area contributed by atoms with E-state index in [-0.39, 0.29) is 25.7 Å². The normalized spacial score (nSPS) is 15.6. The summed E-state index contributed by atoms with van der Waals surface area (Å²) in [6, 6.07) is 0. The van der Waals surface area contributed by atoms with Gasteiger partial charge in [-0.2, -0.15) is 0 Å². The zero-order valence-corrected chi connectivity index (χ0v) is 39.7. The molecule has 0 heterocycles. The van der Waals surface area contributed by atoms with E-state index in [1.807, 2.05) is 6.08 Å². The summed E-state index contributed by atoms with van der Waals surface area (Å²) in [5.74, 6) is -1.29. The molecular formula is C46H80O15P2. The molecule has 0 aromatic carbocycles. The Morgan fingerprint density at radius 2 is 1.05 bits per heavy atom. The van der Waals surface area contributed by atoms with Gasteiger partial charge in [0.2, 0.25) is 0 Å². The van der Waals surface area contributed by atoms with Crippen LogP contribution in [0.4, 0.5) is 0 Å². The molecule has 0 saturated carbocycles. The minimum absolute atomic E-state index is 0.130. The van der Waals surface area contributed by atoms with E-state index in [1.54, 1.807) is 36.5 Å². The van der Waals surface area contributed by atoms with Crippen molar-refractivity contribution in [2.24, 2.45) is 0 Å². The topological polar surface area (TPSA) is 236 Å². The number of ether oxygens (including phenoxy) is 2. The summed E-state index contributed by atoms with van der Waals surface area (Å²) in [7, 11) is -9.78. The number of aliphatic hydroxyl groups excluding tert-OH is 3. The van der Waals surface area contributed by atoms with Crippen molar-refractivity contribution in [3.05, 3.63) is 72.9 Å². The summed E-state index contributed by atoms with van der Waals surface area (Å²) in [6.45, 7) is 1.38. The average molecular weight is 935 g/mol. The van der Waals surface area contributed by atoms with Crippen molar-refractivity contribution in [1.82, 2.24) is 0 Å². The molecular weight excluding hydrogens is 854 g/mol. The predicted octanol–water partition coefficient (Wildman–Crippen LogP) is 9.73. The first-order chi connectivity index (χ1) is 30.2. The minimum atomic E-state index is -4.90. The molecule has 5 atom stereocenters. The Bertz CT molecular complexity index is 1420. The lowest BCUT2D eigenvalue weighted by atomic mass is 10.1. The molecule has 0 aliphatic rings. The van der Waals surface area contributed by atoms with Crippen LogP contribution in [0, 0.1) is 0 Å². The van der Waals surface area contributed by atoms with Crippen LogP contribution in [0.5, 0.6) is 0 Å². The third-order valence-electron chi connectivity index (χ3n) is 9.25. The van der Waals surface area contributed by atoms with Crippen LogP contribution >= 0.6 is 15.6 Å². The number of carbonyl (C=O) groups is 2. The molecule has 0 bridgehead atoms. The summed E-state index contributed by atoms with van der Waals surface area (Å²) in [4.78, 5) is 52.8. The van der Waals surface area contributed by atoms with Crippen molar-refractivity contribution in [2.45, 2.75) is 180 Å². The van der Waals surface area contributed by atoms with Gasteiger partial charge in [0.25, 0.3) is 0 Å². The van der Waals surface area contributed by atoms with E-state index in [9.17, 15) is 38.9 Å². The molecule has 0 fully saturated rings.